The third kappa shape index (κ3) is 3.28. The van der Waals surface area contributed by atoms with Crippen molar-refractivity contribution in [3.63, 3.8) is 0 Å². The summed E-state index contributed by atoms with van der Waals surface area (Å²) >= 11 is 1.49. The lowest BCUT2D eigenvalue weighted by molar-refractivity contribution is -0.154. The van der Waals surface area contributed by atoms with Crippen molar-refractivity contribution in [2.24, 2.45) is 11.8 Å². The van der Waals surface area contributed by atoms with Crippen LogP contribution in [-0.4, -0.2) is 76.7 Å². The van der Waals surface area contributed by atoms with Crippen LogP contribution in [0.4, 0.5) is 5.69 Å². The van der Waals surface area contributed by atoms with Crippen molar-refractivity contribution in [1.29, 1.82) is 0 Å². The van der Waals surface area contributed by atoms with Crippen molar-refractivity contribution in [2.75, 3.05) is 38.3 Å². The normalized spacial score (nSPS) is 34.7. The van der Waals surface area contributed by atoms with E-state index in [9.17, 15) is 19.5 Å². The van der Waals surface area contributed by atoms with Gasteiger partial charge in [-0.05, 0) is 37.6 Å². The van der Waals surface area contributed by atoms with E-state index in [-0.39, 0.29) is 31.6 Å². The summed E-state index contributed by atoms with van der Waals surface area (Å²) < 4.78 is 9.11. The van der Waals surface area contributed by atoms with E-state index in [1.54, 1.807) is 24.1 Å². The minimum absolute atomic E-state index is 0.0205. The second kappa shape index (κ2) is 8.46. The Bertz CT molecular complexity index is 1070. The van der Waals surface area contributed by atoms with E-state index in [1.807, 2.05) is 43.4 Å². The van der Waals surface area contributed by atoms with Crippen LogP contribution in [0.15, 0.2) is 48.6 Å². The molecule has 1 aromatic rings. The fourth-order valence-corrected chi connectivity index (χ4v) is 7.98. The van der Waals surface area contributed by atoms with Crippen LogP contribution in [0.3, 0.4) is 0 Å². The average molecular weight is 485 g/mol. The Balaban J connectivity index is 1.62. The topological polar surface area (TPSA) is 96.4 Å². The number of methoxy groups -OCH3 is 1. The van der Waals surface area contributed by atoms with E-state index < -0.39 is 33.3 Å². The summed E-state index contributed by atoms with van der Waals surface area (Å²) in [5.41, 5.74) is 0.687. The maximum atomic E-state index is 14.1. The van der Waals surface area contributed by atoms with Crippen LogP contribution in [0.1, 0.15) is 13.3 Å². The van der Waals surface area contributed by atoms with Gasteiger partial charge in [-0.25, -0.2) is 0 Å². The number of β-amino-alcohol motifs (C(OH)–C–C–N with tert-alkyl or cyclic N) is 1. The molecule has 0 saturated carbocycles. The van der Waals surface area contributed by atoms with Crippen molar-refractivity contribution in [3.8, 4) is 5.75 Å². The molecule has 1 N–H and O–H groups in total. The molecule has 5 atom stereocenters. The average Bonchev–Trinajstić information content (AvgIpc) is 3.13. The molecule has 1 unspecified atom stereocenters. The molecule has 8 nitrogen and oxygen atoms in total. The molecule has 1 spiro atoms. The number of anilines is 1. The predicted octanol–water partition coefficient (Wildman–Crippen LogP) is 1.78. The SMILES string of the molecule is COc1ccc(N2CC=C[C@]34S[C@]5(C)C=CCCOC(=O)[C@@H]5[C@H]3C(=O)N(CCO)C4C2=O)cc1. The molecule has 0 radical (unpaired) electrons. The van der Waals surface area contributed by atoms with E-state index in [0.717, 1.165) is 0 Å². The predicted molar refractivity (Wildman–Crippen MR) is 127 cm³/mol. The lowest BCUT2D eigenvalue weighted by Crippen LogP contribution is -2.54. The van der Waals surface area contributed by atoms with Gasteiger partial charge < -0.3 is 24.4 Å². The van der Waals surface area contributed by atoms with Gasteiger partial charge in [0, 0.05) is 23.5 Å². The molecule has 0 aromatic heterocycles. The number of esters is 1. The number of carbonyl (C=O) groups is 3. The quantitative estimate of drug-likeness (QED) is 0.514. The number of amides is 2. The van der Waals surface area contributed by atoms with Crippen LogP contribution in [0.5, 0.6) is 5.75 Å². The summed E-state index contributed by atoms with van der Waals surface area (Å²) in [7, 11) is 1.58. The number of nitrogens with zero attached hydrogens (tertiary/aromatic N) is 2. The fraction of sp³-hybridized carbons (Fsp3) is 0.480. The van der Waals surface area contributed by atoms with E-state index in [0.29, 0.717) is 24.4 Å². The minimum Gasteiger partial charge on any atom is -0.497 e. The van der Waals surface area contributed by atoms with Crippen LogP contribution in [0.25, 0.3) is 0 Å². The van der Waals surface area contributed by atoms with Gasteiger partial charge in [0.25, 0.3) is 5.91 Å². The molecule has 2 fully saturated rings. The Hall–Kier alpha value is -2.78. The molecule has 1 aromatic carbocycles. The maximum Gasteiger partial charge on any atom is 0.311 e. The highest BCUT2D eigenvalue weighted by Gasteiger charge is 2.73. The molecule has 34 heavy (non-hydrogen) atoms. The highest BCUT2D eigenvalue weighted by Crippen LogP contribution is 2.65. The van der Waals surface area contributed by atoms with E-state index in [4.69, 9.17) is 9.47 Å². The standard InChI is InChI=1S/C25H28N2O6S/c1-24-10-3-4-15-33-23(31)19(24)18-21(29)27(13-14-28)20-22(30)26(12-5-11-25(18,20)34-24)16-6-8-17(32-2)9-7-16/h3,5-11,18-20,28H,4,12-15H2,1-2H3/t18-,19-,20?,24+,25-/m0/s1. The number of hydrogen-bond donors (Lipinski definition) is 1. The van der Waals surface area contributed by atoms with Crippen molar-refractivity contribution in [1.82, 2.24) is 4.90 Å². The number of carbonyl (C=O) groups excluding carboxylic acids is 3. The van der Waals surface area contributed by atoms with Crippen molar-refractivity contribution >= 4 is 35.2 Å². The highest BCUT2D eigenvalue weighted by molar-refractivity contribution is 8.02. The van der Waals surface area contributed by atoms with Gasteiger partial charge in [0.05, 0.1) is 36.9 Å². The van der Waals surface area contributed by atoms with Crippen LogP contribution < -0.4 is 9.64 Å². The summed E-state index contributed by atoms with van der Waals surface area (Å²) in [4.78, 5) is 44.2. The number of aliphatic hydroxyl groups excluding tert-OH is 1. The summed E-state index contributed by atoms with van der Waals surface area (Å²) in [6.45, 7) is 2.29. The molecule has 5 rings (SSSR count). The van der Waals surface area contributed by atoms with Gasteiger partial charge in [0.1, 0.15) is 11.8 Å². The molecule has 2 saturated heterocycles. The Kier molecular flexibility index (Phi) is 5.72. The van der Waals surface area contributed by atoms with Crippen molar-refractivity contribution in [3.05, 3.63) is 48.6 Å². The lowest BCUT2D eigenvalue weighted by Gasteiger charge is -2.36. The van der Waals surface area contributed by atoms with Crippen LogP contribution in [-0.2, 0) is 19.1 Å². The second-order valence-corrected chi connectivity index (χ2v) is 11.0. The van der Waals surface area contributed by atoms with Crippen LogP contribution >= 0.6 is 11.8 Å². The summed E-state index contributed by atoms with van der Waals surface area (Å²) in [5, 5.41) is 9.75. The summed E-state index contributed by atoms with van der Waals surface area (Å²) in [6.07, 6.45) is 8.46. The second-order valence-electron chi connectivity index (χ2n) is 9.16. The zero-order valence-corrected chi connectivity index (χ0v) is 20.0. The third-order valence-electron chi connectivity index (χ3n) is 7.24. The number of aliphatic hydroxyl groups is 1. The number of ether oxygens (including phenoxy) is 2. The first-order valence-corrected chi connectivity index (χ1v) is 12.3. The zero-order valence-electron chi connectivity index (χ0n) is 19.2. The molecule has 2 amide bonds. The molecule has 0 aliphatic carbocycles. The number of likely N-dealkylation sites (tertiary alicyclic amines) is 1. The van der Waals surface area contributed by atoms with Crippen LogP contribution in [0.2, 0.25) is 0 Å². The zero-order chi connectivity index (χ0) is 24.1. The first-order chi connectivity index (χ1) is 16.4. The maximum absolute atomic E-state index is 14.1. The lowest BCUT2D eigenvalue weighted by atomic mass is 9.74. The molecule has 180 valence electrons. The fourth-order valence-electron chi connectivity index (χ4n) is 5.83. The highest BCUT2D eigenvalue weighted by atomic mass is 32.2. The molecule has 0 bridgehead atoms. The largest absolute Gasteiger partial charge is 0.497 e. The smallest absolute Gasteiger partial charge is 0.311 e. The third-order valence-corrected chi connectivity index (χ3v) is 9.04. The van der Waals surface area contributed by atoms with Gasteiger partial charge in [0.15, 0.2) is 0 Å². The van der Waals surface area contributed by atoms with Gasteiger partial charge >= 0.3 is 5.97 Å². The summed E-state index contributed by atoms with van der Waals surface area (Å²) in [5.74, 6) is -1.74. The van der Waals surface area contributed by atoms with Crippen LogP contribution in [0, 0.1) is 11.8 Å². The number of hydrogen-bond acceptors (Lipinski definition) is 7. The first-order valence-electron chi connectivity index (χ1n) is 11.5. The number of cyclic esters (lactones) is 1. The Morgan fingerprint density at radius 1 is 1.12 bits per heavy atom. The van der Waals surface area contributed by atoms with Crippen molar-refractivity contribution < 1.29 is 29.0 Å². The monoisotopic (exact) mass is 484 g/mol. The summed E-state index contributed by atoms with van der Waals surface area (Å²) in [6, 6.07) is 6.34. The van der Waals surface area contributed by atoms with Gasteiger partial charge in [-0.3, -0.25) is 14.4 Å². The van der Waals surface area contributed by atoms with Gasteiger partial charge in [-0.1, -0.05) is 24.3 Å². The van der Waals surface area contributed by atoms with E-state index in [1.165, 1.54) is 16.7 Å². The molecular weight excluding hydrogens is 456 g/mol. The Morgan fingerprint density at radius 3 is 2.59 bits per heavy atom. The number of thioether (sulfide) groups is 1. The molecule has 9 heteroatoms. The number of rotatable bonds is 4. The molecular formula is C25H28N2O6S. The molecule has 4 heterocycles. The molecule has 4 aliphatic rings. The van der Waals surface area contributed by atoms with E-state index >= 15 is 0 Å². The van der Waals surface area contributed by atoms with Crippen molar-refractivity contribution in [2.45, 2.75) is 28.9 Å². The van der Waals surface area contributed by atoms with E-state index in [2.05, 4.69) is 0 Å². The number of benzene rings is 1. The van der Waals surface area contributed by atoms with Gasteiger partial charge in [-0.15, -0.1) is 11.8 Å². The first kappa shape index (κ1) is 23.0. The number of fused-ring (bicyclic) bond motifs is 2. The van der Waals surface area contributed by atoms with Gasteiger partial charge in [0.2, 0.25) is 5.91 Å². The van der Waals surface area contributed by atoms with Gasteiger partial charge in [-0.2, -0.15) is 0 Å². The minimum atomic E-state index is -0.947. The Labute approximate surface area is 202 Å². The molecule has 4 aliphatic heterocycles. The Morgan fingerprint density at radius 2 is 1.88 bits per heavy atom.